The van der Waals surface area contributed by atoms with E-state index in [1.807, 2.05) is 0 Å². The Morgan fingerprint density at radius 3 is 2.79 bits per heavy atom. The van der Waals surface area contributed by atoms with Crippen LogP contribution in [0.1, 0.15) is 43.0 Å². The first-order valence-corrected chi connectivity index (χ1v) is 10.6. The lowest BCUT2D eigenvalue weighted by Gasteiger charge is -2.29. The number of carbonyl (C=O) groups is 1. The van der Waals surface area contributed by atoms with Crippen LogP contribution < -0.4 is 10.9 Å². The lowest BCUT2D eigenvalue weighted by atomic mass is 9.86. The second kappa shape index (κ2) is 8.13. The molecule has 0 unspecified atom stereocenters. The molecule has 1 aromatic heterocycles. The topological polar surface area (TPSA) is 66.9 Å². The number of aromatic nitrogens is 2. The lowest BCUT2D eigenvalue weighted by molar-refractivity contribution is 0.0910. The van der Waals surface area contributed by atoms with E-state index in [4.69, 9.17) is 23.8 Å². The van der Waals surface area contributed by atoms with E-state index < -0.39 is 0 Å². The number of rotatable bonds is 3. The van der Waals surface area contributed by atoms with Gasteiger partial charge in [0, 0.05) is 16.6 Å². The molecule has 1 aliphatic carbocycles. The fourth-order valence-electron chi connectivity index (χ4n) is 3.99. The average molecular weight is 428 g/mol. The molecule has 2 aromatic carbocycles. The SMILES string of the molecule is C[C@H]1CCCC[C@@H]1NC(=O)c1cccc(-n2c(=S)[nH]c3cc(Cl)ccc3c2=O)c1. The molecule has 5 nitrogen and oxygen atoms in total. The summed E-state index contributed by atoms with van der Waals surface area (Å²) in [7, 11) is 0. The van der Waals surface area contributed by atoms with Crippen molar-refractivity contribution >= 4 is 40.6 Å². The third kappa shape index (κ3) is 4.00. The van der Waals surface area contributed by atoms with E-state index in [1.54, 1.807) is 42.5 Å². The number of amides is 1. The van der Waals surface area contributed by atoms with Gasteiger partial charge in [-0.25, -0.2) is 0 Å². The minimum Gasteiger partial charge on any atom is -0.349 e. The van der Waals surface area contributed by atoms with Crippen LogP contribution in [-0.4, -0.2) is 21.5 Å². The third-order valence-electron chi connectivity index (χ3n) is 5.65. The van der Waals surface area contributed by atoms with Crippen molar-refractivity contribution in [2.45, 2.75) is 38.6 Å². The molecule has 1 amide bonds. The van der Waals surface area contributed by atoms with Crippen LogP contribution in [0.5, 0.6) is 0 Å². The molecule has 2 N–H and O–H groups in total. The number of aromatic amines is 1. The molecule has 0 aliphatic heterocycles. The van der Waals surface area contributed by atoms with E-state index in [0.717, 1.165) is 19.3 Å². The fourth-order valence-corrected chi connectivity index (χ4v) is 4.46. The molecule has 4 rings (SSSR count). The highest BCUT2D eigenvalue weighted by Gasteiger charge is 2.23. The average Bonchev–Trinajstić information content (AvgIpc) is 2.69. The fraction of sp³-hybridized carbons (Fsp3) is 0.318. The zero-order chi connectivity index (χ0) is 20.5. The molecule has 29 heavy (non-hydrogen) atoms. The summed E-state index contributed by atoms with van der Waals surface area (Å²) in [6, 6.07) is 12.2. The number of hydrogen-bond acceptors (Lipinski definition) is 3. The molecule has 1 aliphatic rings. The molecule has 1 saturated carbocycles. The minimum atomic E-state index is -0.251. The van der Waals surface area contributed by atoms with Crippen LogP contribution in [0.25, 0.3) is 16.6 Å². The van der Waals surface area contributed by atoms with Crippen molar-refractivity contribution in [3.05, 3.63) is 68.2 Å². The summed E-state index contributed by atoms with van der Waals surface area (Å²) in [5, 5.41) is 4.16. The van der Waals surface area contributed by atoms with Crippen molar-refractivity contribution in [2.75, 3.05) is 0 Å². The van der Waals surface area contributed by atoms with Crippen molar-refractivity contribution in [1.29, 1.82) is 0 Å². The first kappa shape index (κ1) is 19.9. The zero-order valence-electron chi connectivity index (χ0n) is 16.1. The monoisotopic (exact) mass is 427 g/mol. The maximum absolute atomic E-state index is 13.0. The van der Waals surface area contributed by atoms with Crippen molar-refractivity contribution in [3.8, 4) is 5.69 Å². The van der Waals surface area contributed by atoms with Gasteiger partial charge in [-0.1, -0.05) is 37.4 Å². The van der Waals surface area contributed by atoms with Crippen LogP contribution in [-0.2, 0) is 0 Å². The maximum Gasteiger partial charge on any atom is 0.266 e. The highest BCUT2D eigenvalue weighted by atomic mass is 35.5. The molecule has 2 atom stereocenters. The quantitative estimate of drug-likeness (QED) is 0.577. The largest absolute Gasteiger partial charge is 0.349 e. The molecule has 0 spiro atoms. The van der Waals surface area contributed by atoms with Gasteiger partial charge in [-0.2, -0.15) is 0 Å². The van der Waals surface area contributed by atoms with Crippen LogP contribution >= 0.6 is 23.8 Å². The molecule has 7 heteroatoms. The first-order chi connectivity index (χ1) is 13.9. The Balaban J connectivity index is 1.70. The zero-order valence-corrected chi connectivity index (χ0v) is 17.6. The van der Waals surface area contributed by atoms with E-state index in [0.29, 0.717) is 33.1 Å². The lowest BCUT2D eigenvalue weighted by Crippen LogP contribution is -2.41. The number of nitrogens with zero attached hydrogens (tertiary/aromatic N) is 1. The molecular formula is C22H22ClN3O2S. The minimum absolute atomic E-state index is 0.124. The van der Waals surface area contributed by atoms with E-state index in [1.165, 1.54) is 11.0 Å². The van der Waals surface area contributed by atoms with Crippen molar-refractivity contribution < 1.29 is 4.79 Å². The van der Waals surface area contributed by atoms with Gasteiger partial charge in [0.05, 0.1) is 16.6 Å². The Labute approximate surface area is 178 Å². The predicted molar refractivity (Wildman–Crippen MR) is 119 cm³/mol. The van der Waals surface area contributed by atoms with Gasteiger partial charge in [0.2, 0.25) is 0 Å². The summed E-state index contributed by atoms with van der Waals surface area (Å²) in [6.07, 6.45) is 4.50. The summed E-state index contributed by atoms with van der Waals surface area (Å²) in [5.41, 5.74) is 1.40. The molecule has 0 saturated heterocycles. The van der Waals surface area contributed by atoms with Crippen molar-refractivity contribution in [2.24, 2.45) is 5.92 Å². The maximum atomic E-state index is 13.0. The summed E-state index contributed by atoms with van der Waals surface area (Å²) in [5.74, 6) is 0.348. The molecule has 3 aromatic rings. The van der Waals surface area contributed by atoms with Crippen molar-refractivity contribution in [1.82, 2.24) is 14.9 Å². The molecular weight excluding hydrogens is 406 g/mol. The number of nitrogens with one attached hydrogen (secondary N) is 2. The first-order valence-electron chi connectivity index (χ1n) is 9.80. The van der Waals surface area contributed by atoms with Crippen LogP contribution in [0.2, 0.25) is 5.02 Å². The van der Waals surface area contributed by atoms with Gasteiger partial charge in [0.15, 0.2) is 4.77 Å². The Morgan fingerprint density at radius 2 is 2.00 bits per heavy atom. The second-order valence-corrected chi connectivity index (χ2v) is 8.48. The van der Waals surface area contributed by atoms with E-state index >= 15 is 0 Å². The predicted octanol–water partition coefficient (Wildman–Crippen LogP) is 5.01. The summed E-state index contributed by atoms with van der Waals surface area (Å²) >= 11 is 11.4. The highest BCUT2D eigenvalue weighted by molar-refractivity contribution is 7.71. The van der Waals surface area contributed by atoms with Gasteiger partial charge in [-0.15, -0.1) is 0 Å². The van der Waals surface area contributed by atoms with Gasteiger partial charge in [-0.3, -0.25) is 14.2 Å². The number of hydrogen-bond donors (Lipinski definition) is 2. The van der Waals surface area contributed by atoms with Crippen LogP contribution in [0.4, 0.5) is 0 Å². The summed E-state index contributed by atoms with van der Waals surface area (Å²) in [4.78, 5) is 28.9. The molecule has 150 valence electrons. The smallest absolute Gasteiger partial charge is 0.266 e. The molecule has 1 fully saturated rings. The van der Waals surface area contributed by atoms with Gasteiger partial charge in [0.1, 0.15) is 0 Å². The highest BCUT2D eigenvalue weighted by Crippen LogP contribution is 2.24. The van der Waals surface area contributed by atoms with E-state index in [9.17, 15) is 9.59 Å². The molecule has 0 bridgehead atoms. The Hall–Kier alpha value is -2.44. The van der Waals surface area contributed by atoms with Crippen molar-refractivity contribution in [3.63, 3.8) is 0 Å². The van der Waals surface area contributed by atoms with Gasteiger partial charge in [0.25, 0.3) is 11.5 Å². The number of carbonyl (C=O) groups excluding carboxylic acids is 1. The number of H-pyrrole nitrogens is 1. The third-order valence-corrected chi connectivity index (χ3v) is 6.17. The van der Waals surface area contributed by atoms with Gasteiger partial charge < -0.3 is 10.3 Å². The normalized spacial score (nSPS) is 19.2. The molecule has 0 radical (unpaired) electrons. The van der Waals surface area contributed by atoms with Gasteiger partial charge in [-0.05, 0) is 67.4 Å². The van der Waals surface area contributed by atoms with Crippen LogP contribution in [0, 0.1) is 10.7 Å². The number of benzene rings is 2. The van der Waals surface area contributed by atoms with E-state index in [2.05, 4.69) is 17.2 Å². The van der Waals surface area contributed by atoms with E-state index in [-0.39, 0.29) is 22.3 Å². The Kier molecular flexibility index (Phi) is 5.56. The van der Waals surface area contributed by atoms with Crippen LogP contribution in [0.3, 0.4) is 0 Å². The Morgan fingerprint density at radius 1 is 1.21 bits per heavy atom. The standard InChI is InChI=1S/C22H22ClN3O2S/c1-13-5-2-3-8-18(13)24-20(27)14-6-4-7-16(11-14)26-21(28)17-10-9-15(23)12-19(17)25-22(26)29/h4,6-7,9-13,18H,2-3,5,8H2,1H3,(H,24,27)(H,25,29)/t13-,18-/m0/s1. The molecule has 1 heterocycles. The second-order valence-electron chi connectivity index (χ2n) is 7.65. The number of halogens is 1. The summed E-state index contributed by atoms with van der Waals surface area (Å²) in [6.45, 7) is 2.18. The number of fused-ring (bicyclic) bond motifs is 1. The van der Waals surface area contributed by atoms with Crippen LogP contribution in [0.15, 0.2) is 47.3 Å². The Bertz CT molecular complexity index is 1200. The van der Waals surface area contributed by atoms with Gasteiger partial charge >= 0.3 is 0 Å². The summed E-state index contributed by atoms with van der Waals surface area (Å²) < 4.78 is 1.66.